The van der Waals surface area contributed by atoms with Gasteiger partial charge in [0, 0.05) is 27.8 Å². The van der Waals surface area contributed by atoms with Crippen molar-refractivity contribution >= 4 is 38.8 Å². The van der Waals surface area contributed by atoms with Crippen LogP contribution in [0.4, 0.5) is 11.5 Å². The summed E-state index contributed by atoms with van der Waals surface area (Å²) in [5.41, 5.74) is 0.886. The first-order valence-electron chi connectivity index (χ1n) is 4.54. The highest BCUT2D eigenvalue weighted by Gasteiger charge is 2.24. The number of aromatic nitrogens is 2. The molecule has 8 heteroatoms. The van der Waals surface area contributed by atoms with Gasteiger partial charge < -0.3 is 5.32 Å². The summed E-state index contributed by atoms with van der Waals surface area (Å²) in [6.45, 7) is 0. The lowest BCUT2D eigenvalue weighted by Gasteiger charge is -2.04. The summed E-state index contributed by atoms with van der Waals surface area (Å²) in [7, 11) is 1.59. The maximum Gasteiger partial charge on any atom is 0.337 e. The number of nitrogens with zero attached hydrogens (tertiary/aromatic N) is 3. The fraction of sp³-hybridized carbons (Fsp3) is 0.111. The highest BCUT2D eigenvalue weighted by Crippen LogP contribution is 2.38. The quantitative estimate of drug-likeness (QED) is 0.696. The summed E-state index contributed by atoms with van der Waals surface area (Å²) in [6.07, 6.45) is 1.30. The van der Waals surface area contributed by atoms with Gasteiger partial charge in [-0.15, -0.1) is 0 Å². The van der Waals surface area contributed by atoms with Gasteiger partial charge in [-0.05, 0) is 15.9 Å². The van der Waals surface area contributed by atoms with E-state index in [1.807, 2.05) is 5.38 Å². The highest BCUT2D eigenvalue weighted by molar-refractivity contribution is 9.10. The van der Waals surface area contributed by atoms with E-state index in [1.54, 1.807) is 12.4 Å². The molecular weight excluding hydrogens is 308 g/mol. The molecule has 1 N–H and O–H groups in total. The molecule has 0 spiro atoms. The number of anilines is 1. The van der Waals surface area contributed by atoms with Crippen LogP contribution >= 0.6 is 27.3 Å². The van der Waals surface area contributed by atoms with Crippen molar-refractivity contribution in [2.45, 2.75) is 0 Å². The van der Waals surface area contributed by atoms with Gasteiger partial charge in [0.05, 0.1) is 4.92 Å². The molecule has 2 aromatic heterocycles. The average molecular weight is 315 g/mol. The third kappa shape index (κ3) is 2.13. The molecule has 2 rings (SSSR count). The van der Waals surface area contributed by atoms with Gasteiger partial charge in [0.25, 0.3) is 0 Å². The summed E-state index contributed by atoms with van der Waals surface area (Å²) < 4.78 is 0.784. The number of rotatable bonds is 3. The van der Waals surface area contributed by atoms with E-state index in [0.717, 1.165) is 4.47 Å². The number of hydrogen-bond donors (Lipinski definition) is 1. The molecule has 0 amide bonds. The van der Waals surface area contributed by atoms with Crippen molar-refractivity contribution < 1.29 is 4.92 Å². The fourth-order valence-corrected chi connectivity index (χ4v) is 2.85. The zero-order chi connectivity index (χ0) is 12.4. The van der Waals surface area contributed by atoms with E-state index in [9.17, 15) is 10.1 Å². The van der Waals surface area contributed by atoms with Crippen LogP contribution in [-0.4, -0.2) is 21.9 Å². The first-order chi connectivity index (χ1) is 8.15. The van der Waals surface area contributed by atoms with E-state index in [0.29, 0.717) is 11.3 Å². The van der Waals surface area contributed by atoms with Crippen molar-refractivity contribution in [1.82, 2.24) is 9.97 Å². The summed E-state index contributed by atoms with van der Waals surface area (Å²) in [5.74, 6) is 0.207. The minimum atomic E-state index is -0.481. The number of nitrogens with one attached hydrogen (secondary N) is 1. The molecule has 0 radical (unpaired) electrons. The third-order valence-electron chi connectivity index (χ3n) is 2.11. The molecule has 2 heterocycles. The molecule has 2 aromatic rings. The molecule has 0 aromatic carbocycles. The fourth-order valence-electron chi connectivity index (χ4n) is 1.38. The molecule has 0 bridgehead atoms. The topological polar surface area (TPSA) is 81.0 Å². The van der Waals surface area contributed by atoms with E-state index in [4.69, 9.17) is 0 Å². The zero-order valence-corrected chi connectivity index (χ0v) is 11.1. The Balaban J connectivity index is 2.70. The van der Waals surface area contributed by atoms with Crippen LogP contribution in [0.2, 0.25) is 0 Å². The van der Waals surface area contributed by atoms with Crippen LogP contribution in [0.5, 0.6) is 0 Å². The molecule has 0 atom stereocenters. The smallest absolute Gasteiger partial charge is 0.337 e. The highest BCUT2D eigenvalue weighted by atomic mass is 79.9. The van der Waals surface area contributed by atoms with Crippen LogP contribution in [0, 0.1) is 10.1 Å². The molecule has 17 heavy (non-hydrogen) atoms. The van der Waals surface area contributed by atoms with Crippen molar-refractivity contribution in [3.63, 3.8) is 0 Å². The molecule has 0 aliphatic heterocycles. The van der Waals surface area contributed by atoms with Gasteiger partial charge >= 0.3 is 5.69 Å². The molecule has 0 aliphatic carbocycles. The molecule has 0 aliphatic rings. The normalized spacial score (nSPS) is 10.2. The first-order valence-corrected chi connectivity index (χ1v) is 6.28. The molecule has 0 saturated heterocycles. The Bertz CT molecular complexity index is 572. The first kappa shape index (κ1) is 11.9. The van der Waals surface area contributed by atoms with E-state index < -0.39 is 4.92 Å². The Morgan fingerprint density at radius 1 is 1.47 bits per heavy atom. The Kier molecular flexibility index (Phi) is 3.34. The second-order valence-electron chi connectivity index (χ2n) is 3.06. The van der Waals surface area contributed by atoms with Crippen LogP contribution in [0.1, 0.15) is 0 Å². The summed E-state index contributed by atoms with van der Waals surface area (Å²) in [6, 6.07) is 0. The van der Waals surface area contributed by atoms with Crippen LogP contribution < -0.4 is 5.32 Å². The van der Waals surface area contributed by atoms with E-state index in [2.05, 4.69) is 31.2 Å². The minimum absolute atomic E-state index is 0.117. The lowest BCUT2D eigenvalue weighted by molar-refractivity contribution is -0.383. The van der Waals surface area contributed by atoms with Crippen LogP contribution in [-0.2, 0) is 0 Å². The molecule has 0 unspecified atom stereocenters. The maximum atomic E-state index is 11.1. The summed E-state index contributed by atoms with van der Waals surface area (Å²) in [5, 5.41) is 17.4. The lowest BCUT2D eigenvalue weighted by Crippen LogP contribution is -2.02. The molecular formula is C9H7BrN4O2S. The van der Waals surface area contributed by atoms with Crippen molar-refractivity contribution in [2.75, 3.05) is 12.4 Å². The lowest BCUT2D eigenvalue weighted by atomic mass is 10.2. The summed E-state index contributed by atoms with van der Waals surface area (Å²) >= 11 is 4.78. The maximum absolute atomic E-state index is 11.1. The molecule has 88 valence electrons. The average Bonchev–Trinajstić information content (AvgIpc) is 2.74. The van der Waals surface area contributed by atoms with Gasteiger partial charge in [-0.25, -0.2) is 9.97 Å². The molecule has 6 nitrogen and oxygen atoms in total. The SMILES string of the molecule is CNc1ncnc(-c2cscc2Br)c1[N+](=O)[O-]. The van der Waals surface area contributed by atoms with Gasteiger partial charge in [-0.2, -0.15) is 11.3 Å². The van der Waals surface area contributed by atoms with Crippen molar-refractivity contribution in [3.05, 3.63) is 31.7 Å². The Morgan fingerprint density at radius 2 is 2.24 bits per heavy atom. The number of thiophene rings is 1. The van der Waals surface area contributed by atoms with E-state index in [1.165, 1.54) is 17.7 Å². The predicted octanol–water partition coefficient (Wildman–Crippen LogP) is 2.92. The largest absolute Gasteiger partial charge is 0.367 e. The Hall–Kier alpha value is -1.54. The molecule has 0 saturated carbocycles. The second-order valence-corrected chi connectivity index (χ2v) is 4.66. The van der Waals surface area contributed by atoms with Gasteiger partial charge in [-0.1, -0.05) is 0 Å². The number of halogens is 1. The minimum Gasteiger partial charge on any atom is -0.367 e. The zero-order valence-electron chi connectivity index (χ0n) is 8.68. The predicted molar refractivity (Wildman–Crippen MR) is 69.2 cm³/mol. The van der Waals surface area contributed by atoms with Gasteiger partial charge in [0.2, 0.25) is 5.82 Å². The van der Waals surface area contributed by atoms with E-state index in [-0.39, 0.29) is 11.5 Å². The van der Waals surface area contributed by atoms with Crippen LogP contribution in [0.3, 0.4) is 0 Å². The standard InChI is InChI=1S/C9H7BrN4O2S/c1-11-9-8(14(15)16)7(12-4-13-9)5-2-17-3-6(5)10/h2-4H,1H3,(H,11,12,13). The van der Waals surface area contributed by atoms with Gasteiger partial charge in [-0.3, -0.25) is 10.1 Å². The van der Waals surface area contributed by atoms with Gasteiger partial charge in [0.1, 0.15) is 6.33 Å². The van der Waals surface area contributed by atoms with Crippen LogP contribution in [0.15, 0.2) is 21.6 Å². The Labute approximate surface area is 109 Å². The van der Waals surface area contributed by atoms with Gasteiger partial charge in [0.15, 0.2) is 5.69 Å². The van der Waals surface area contributed by atoms with Crippen LogP contribution in [0.25, 0.3) is 11.3 Å². The van der Waals surface area contributed by atoms with E-state index >= 15 is 0 Å². The summed E-state index contributed by atoms with van der Waals surface area (Å²) in [4.78, 5) is 18.4. The molecule has 0 fully saturated rings. The Morgan fingerprint density at radius 3 is 2.76 bits per heavy atom. The number of hydrogen-bond acceptors (Lipinski definition) is 6. The van der Waals surface area contributed by atoms with Crippen molar-refractivity contribution in [2.24, 2.45) is 0 Å². The monoisotopic (exact) mass is 314 g/mol. The van der Waals surface area contributed by atoms with Crippen molar-refractivity contribution in [1.29, 1.82) is 0 Å². The third-order valence-corrected chi connectivity index (χ3v) is 3.81. The second kappa shape index (κ2) is 4.76. The van der Waals surface area contributed by atoms with Crippen molar-refractivity contribution in [3.8, 4) is 11.3 Å². The number of nitro groups is 1.